The van der Waals surface area contributed by atoms with Gasteiger partial charge in [0.05, 0.1) is 0 Å². The van der Waals surface area contributed by atoms with Crippen molar-refractivity contribution < 1.29 is 23.1 Å². The summed E-state index contributed by atoms with van der Waals surface area (Å²) in [6.45, 7) is 0.130. The van der Waals surface area contributed by atoms with Gasteiger partial charge in [0.1, 0.15) is 5.82 Å². The van der Waals surface area contributed by atoms with Crippen LogP contribution in [-0.4, -0.2) is 22.8 Å². The van der Waals surface area contributed by atoms with Crippen molar-refractivity contribution in [1.29, 1.82) is 0 Å². The molecule has 2 heterocycles. The number of benzene rings is 1. The summed E-state index contributed by atoms with van der Waals surface area (Å²) in [5.74, 6) is -1.86. The van der Waals surface area contributed by atoms with Crippen molar-refractivity contribution in [2.24, 2.45) is 0 Å². The van der Waals surface area contributed by atoms with E-state index in [1.54, 1.807) is 12.1 Å². The normalized spacial score (nSPS) is 16.2. The molecule has 26 heavy (non-hydrogen) atoms. The first-order valence-electron chi connectivity index (χ1n) is 8.14. The van der Waals surface area contributed by atoms with Crippen LogP contribution in [0.3, 0.4) is 0 Å². The molecule has 2 N–H and O–H groups in total. The fourth-order valence-corrected chi connectivity index (χ4v) is 2.63. The molecule has 136 valence electrons. The molecule has 0 spiro atoms. The molecule has 2 aromatic rings. The lowest BCUT2D eigenvalue weighted by Gasteiger charge is -2.13. The minimum atomic E-state index is -0.845. The van der Waals surface area contributed by atoms with Crippen molar-refractivity contribution in [3.05, 3.63) is 53.7 Å². The molecule has 8 heteroatoms. The van der Waals surface area contributed by atoms with Crippen molar-refractivity contribution in [3.63, 3.8) is 0 Å². The van der Waals surface area contributed by atoms with E-state index in [0.717, 1.165) is 12.1 Å². The fraction of sp³-hybridized carbons (Fsp3) is 0.278. The van der Waals surface area contributed by atoms with Crippen LogP contribution in [0, 0.1) is 11.6 Å². The van der Waals surface area contributed by atoms with Crippen LogP contribution in [0.2, 0.25) is 0 Å². The molecular formula is C18H17F2N3O3. The van der Waals surface area contributed by atoms with Crippen LogP contribution in [0.15, 0.2) is 36.5 Å². The number of rotatable bonds is 6. The van der Waals surface area contributed by atoms with Gasteiger partial charge < -0.3 is 15.4 Å². The van der Waals surface area contributed by atoms with E-state index < -0.39 is 11.6 Å². The molecule has 1 aliphatic rings. The Balaban J connectivity index is 1.61. The molecular weight excluding hydrogens is 344 g/mol. The Morgan fingerprint density at radius 3 is 2.92 bits per heavy atom. The van der Waals surface area contributed by atoms with Gasteiger partial charge >= 0.3 is 0 Å². The molecule has 1 fully saturated rings. The highest BCUT2D eigenvalue weighted by Gasteiger charge is 2.23. The van der Waals surface area contributed by atoms with Gasteiger partial charge in [0.15, 0.2) is 11.6 Å². The van der Waals surface area contributed by atoms with E-state index in [1.165, 1.54) is 12.3 Å². The topological polar surface area (TPSA) is 80.3 Å². The number of carbonyl (C=O) groups excluding carboxylic acids is 2. The maximum Gasteiger partial charge on any atom is 0.224 e. The SMILES string of the molecule is O=C(C[C@@H]1CCC(=O)N1)NCc1cccnc1Oc1ccc(F)cc1F. The van der Waals surface area contributed by atoms with Crippen LogP contribution in [-0.2, 0) is 16.1 Å². The van der Waals surface area contributed by atoms with Gasteiger partial charge in [-0.1, -0.05) is 6.07 Å². The van der Waals surface area contributed by atoms with Crippen molar-refractivity contribution in [1.82, 2.24) is 15.6 Å². The Hall–Kier alpha value is -3.03. The van der Waals surface area contributed by atoms with E-state index in [4.69, 9.17) is 4.74 Å². The molecule has 2 amide bonds. The van der Waals surface area contributed by atoms with Crippen LogP contribution in [0.1, 0.15) is 24.8 Å². The van der Waals surface area contributed by atoms with Gasteiger partial charge in [0.2, 0.25) is 17.7 Å². The second-order valence-electron chi connectivity index (χ2n) is 5.93. The van der Waals surface area contributed by atoms with Crippen molar-refractivity contribution in [2.75, 3.05) is 0 Å². The zero-order valence-electron chi connectivity index (χ0n) is 13.8. The van der Waals surface area contributed by atoms with Crippen molar-refractivity contribution in [2.45, 2.75) is 31.8 Å². The maximum absolute atomic E-state index is 13.7. The average Bonchev–Trinajstić information content (AvgIpc) is 3.01. The van der Waals surface area contributed by atoms with Gasteiger partial charge in [0.25, 0.3) is 0 Å². The Bertz CT molecular complexity index is 829. The molecule has 1 aromatic carbocycles. The molecule has 1 aliphatic heterocycles. The van der Waals surface area contributed by atoms with E-state index in [0.29, 0.717) is 18.4 Å². The molecule has 1 saturated heterocycles. The molecule has 0 unspecified atom stereocenters. The third-order valence-electron chi connectivity index (χ3n) is 3.94. The standard InChI is InChI=1S/C18H17F2N3O3/c19-12-3-5-15(14(20)8-12)26-18-11(2-1-7-21-18)10-22-17(25)9-13-4-6-16(24)23-13/h1-3,5,7-8,13H,4,6,9-10H2,(H,22,25)(H,23,24)/t13-/m0/s1. The number of ether oxygens (including phenoxy) is 1. The zero-order chi connectivity index (χ0) is 18.5. The summed E-state index contributed by atoms with van der Waals surface area (Å²) in [7, 11) is 0. The lowest BCUT2D eigenvalue weighted by molar-refractivity contribution is -0.121. The van der Waals surface area contributed by atoms with E-state index in [1.807, 2.05) is 0 Å². The monoisotopic (exact) mass is 361 g/mol. The molecule has 0 bridgehead atoms. The highest BCUT2D eigenvalue weighted by molar-refractivity contribution is 5.81. The predicted molar refractivity (Wildman–Crippen MR) is 88.3 cm³/mol. The first-order chi connectivity index (χ1) is 12.5. The summed E-state index contributed by atoms with van der Waals surface area (Å²) >= 11 is 0. The lowest BCUT2D eigenvalue weighted by Crippen LogP contribution is -2.33. The molecule has 1 aromatic heterocycles. The van der Waals surface area contributed by atoms with Crippen LogP contribution >= 0.6 is 0 Å². The largest absolute Gasteiger partial charge is 0.436 e. The van der Waals surface area contributed by atoms with Gasteiger partial charge in [-0.15, -0.1) is 0 Å². The number of carbonyl (C=O) groups is 2. The Kier molecular flexibility index (Phi) is 5.40. The Morgan fingerprint density at radius 2 is 2.19 bits per heavy atom. The van der Waals surface area contributed by atoms with E-state index >= 15 is 0 Å². The zero-order valence-corrected chi connectivity index (χ0v) is 13.8. The molecule has 3 rings (SSSR count). The van der Waals surface area contributed by atoms with Gasteiger partial charge in [-0.05, 0) is 24.6 Å². The summed E-state index contributed by atoms with van der Waals surface area (Å²) < 4.78 is 32.1. The molecule has 0 saturated carbocycles. The highest BCUT2D eigenvalue weighted by Crippen LogP contribution is 2.26. The number of halogens is 2. The predicted octanol–water partition coefficient (Wildman–Crippen LogP) is 2.44. The number of aromatic nitrogens is 1. The third-order valence-corrected chi connectivity index (χ3v) is 3.94. The number of nitrogens with zero attached hydrogens (tertiary/aromatic N) is 1. The van der Waals surface area contributed by atoms with Crippen molar-refractivity contribution >= 4 is 11.8 Å². The number of hydrogen-bond donors (Lipinski definition) is 2. The third kappa shape index (κ3) is 4.53. The Morgan fingerprint density at radius 1 is 1.35 bits per heavy atom. The maximum atomic E-state index is 13.7. The molecule has 0 aliphatic carbocycles. The quantitative estimate of drug-likeness (QED) is 0.828. The second-order valence-corrected chi connectivity index (χ2v) is 5.93. The first-order valence-corrected chi connectivity index (χ1v) is 8.14. The number of pyridine rings is 1. The van der Waals surface area contributed by atoms with Gasteiger partial charge in [-0.2, -0.15) is 0 Å². The van der Waals surface area contributed by atoms with E-state index in [2.05, 4.69) is 15.6 Å². The Labute approximate surface area is 148 Å². The molecule has 1 atom stereocenters. The number of amides is 2. The summed E-state index contributed by atoms with van der Waals surface area (Å²) in [5, 5.41) is 5.46. The summed E-state index contributed by atoms with van der Waals surface area (Å²) in [5.41, 5.74) is 0.542. The summed E-state index contributed by atoms with van der Waals surface area (Å²) in [6.07, 6.45) is 2.73. The smallest absolute Gasteiger partial charge is 0.224 e. The van der Waals surface area contributed by atoms with Crippen LogP contribution in [0.4, 0.5) is 8.78 Å². The average molecular weight is 361 g/mol. The van der Waals surface area contributed by atoms with Gasteiger partial charge in [-0.3, -0.25) is 9.59 Å². The highest BCUT2D eigenvalue weighted by atomic mass is 19.1. The number of hydrogen-bond acceptors (Lipinski definition) is 4. The van der Waals surface area contributed by atoms with Crippen molar-refractivity contribution in [3.8, 4) is 11.6 Å². The lowest BCUT2D eigenvalue weighted by atomic mass is 10.1. The molecule has 0 radical (unpaired) electrons. The summed E-state index contributed by atoms with van der Waals surface area (Å²) in [6, 6.07) is 6.16. The van der Waals surface area contributed by atoms with Gasteiger partial charge in [0, 0.05) is 43.3 Å². The minimum Gasteiger partial charge on any atom is -0.436 e. The summed E-state index contributed by atoms with van der Waals surface area (Å²) in [4.78, 5) is 27.2. The van der Waals surface area contributed by atoms with Crippen LogP contribution in [0.5, 0.6) is 11.6 Å². The van der Waals surface area contributed by atoms with Crippen LogP contribution in [0.25, 0.3) is 0 Å². The minimum absolute atomic E-state index is 0.0490. The first kappa shape index (κ1) is 17.8. The van der Waals surface area contributed by atoms with Crippen LogP contribution < -0.4 is 15.4 Å². The van der Waals surface area contributed by atoms with E-state index in [-0.39, 0.29) is 42.5 Å². The van der Waals surface area contributed by atoms with E-state index in [9.17, 15) is 18.4 Å². The second kappa shape index (κ2) is 7.90. The molecule has 6 nitrogen and oxygen atoms in total. The fourth-order valence-electron chi connectivity index (χ4n) is 2.63. The van der Waals surface area contributed by atoms with Gasteiger partial charge in [-0.25, -0.2) is 13.8 Å². The number of nitrogens with one attached hydrogen (secondary N) is 2.